The van der Waals surface area contributed by atoms with E-state index in [1.54, 1.807) is 0 Å². The zero-order valence-corrected chi connectivity index (χ0v) is 48.4. The number of hydrogen-bond donors (Lipinski definition) is 0. The van der Waals surface area contributed by atoms with Crippen LogP contribution in [0, 0.1) is 148 Å². The SMILES string of the molecule is CC1C(C)C(C)C(C)C1C.CC1C(C)C(C)C(C)C1C.CC1C(C)C(C)C(C)C1C.CC1C(C)C(C)C(C)C1C.[CH3-].[CH3-].[CH3-].[CH3-].[Cl][Ru+].[Cl][Ru+].[Cl][Ru+].[Cl][Ru+]. The van der Waals surface area contributed by atoms with Crippen LogP contribution in [0.2, 0.25) is 0 Å². The molecule has 0 aliphatic heterocycles. The Morgan fingerprint density at radius 1 is 0.154 bits per heavy atom. The van der Waals surface area contributed by atoms with Crippen molar-refractivity contribution in [3.05, 3.63) is 29.7 Å². The molecule has 4 rings (SSSR count). The molecule has 0 aromatic rings. The number of rotatable bonds is 0. The van der Waals surface area contributed by atoms with Gasteiger partial charge in [-0.15, -0.1) is 0 Å². The molecule has 0 aromatic heterocycles. The molecule has 0 saturated heterocycles. The summed E-state index contributed by atoms with van der Waals surface area (Å²) in [6.45, 7) is 48.0. The Morgan fingerprint density at radius 3 is 0.192 bits per heavy atom. The molecule has 0 nitrogen and oxygen atoms in total. The van der Waals surface area contributed by atoms with Crippen LogP contribution >= 0.6 is 38.8 Å². The van der Waals surface area contributed by atoms with E-state index in [4.69, 9.17) is 0 Å². The van der Waals surface area contributed by atoms with E-state index >= 15 is 0 Å². The van der Waals surface area contributed by atoms with Gasteiger partial charge in [0.1, 0.15) is 0 Å². The van der Waals surface area contributed by atoms with Gasteiger partial charge in [-0.2, -0.15) is 0 Å². The first-order chi connectivity index (χ1) is 22.2. The van der Waals surface area contributed by atoms with Crippen LogP contribution in [0.3, 0.4) is 0 Å². The van der Waals surface area contributed by atoms with E-state index in [1.165, 1.54) is 0 Å². The Morgan fingerprint density at radius 2 is 0.173 bits per heavy atom. The molecule has 0 radical (unpaired) electrons. The molecule has 8 heteroatoms. The molecule has 0 unspecified atom stereocenters. The van der Waals surface area contributed by atoms with Crippen molar-refractivity contribution in [1.29, 1.82) is 0 Å². The van der Waals surface area contributed by atoms with E-state index in [0.717, 1.165) is 118 Å². The molecule has 0 bridgehead atoms. The van der Waals surface area contributed by atoms with Gasteiger partial charge in [-0.3, -0.25) is 0 Å². The molecule has 4 fully saturated rings. The fourth-order valence-corrected chi connectivity index (χ4v) is 9.58. The Hall–Kier alpha value is 3.65. The normalized spacial score (nSPS) is 43.2. The average Bonchev–Trinajstić information content (AvgIpc) is 3.56. The van der Waals surface area contributed by atoms with E-state index in [9.17, 15) is 0 Å². The average molecular weight is 1170 g/mol. The summed E-state index contributed by atoms with van der Waals surface area (Å²) in [6, 6.07) is 0. The standard InChI is InChI=1S/4C10H20.4CH3.4ClH.4Ru/c4*1-6-7(2)9(4)10(5)8(6)3;;;;;;;;;;;;/h4*6-10H,1-5H3;4*1H3;4*1H;;;;/q;;;;4*-1;;;;;4*+2/p-4. The van der Waals surface area contributed by atoms with Gasteiger partial charge in [-0.05, 0) is 118 Å². The molecule has 0 amide bonds. The minimum atomic E-state index is 0. The zero-order chi connectivity index (χ0) is 39.5. The second-order valence-electron chi connectivity index (χ2n) is 17.2. The number of halogens is 4. The summed E-state index contributed by atoms with van der Waals surface area (Å²) in [5, 5.41) is 0. The van der Waals surface area contributed by atoms with Gasteiger partial charge in [-0.25, -0.2) is 0 Å². The summed E-state index contributed by atoms with van der Waals surface area (Å²) in [6.07, 6.45) is 0. The van der Waals surface area contributed by atoms with E-state index in [0.29, 0.717) is 0 Å². The summed E-state index contributed by atoms with van der Waals surface area (Å²) in [4.78, 5) is 0. The molecule has 0 N–H and O–H groups in total. The van der Waals surface area contributed by atoms with Gasteiger partial charge in [-0.1, -0.05) is 138 Å². The van der Waals surface area contributed by atoms with E-state index in [2.05, 4.69) is 177 Å². The van der Waals surface area contributed by atoms with Gasteiger partial charge in [0.2, 0.25) is 0 Å². The summed E-state index contributed by atoms with van der Waals surface area (Å²) in [5.41, 5.74) is 0. The minimum absolute atomic E-state index is 0. The molecule has 0 heterocycles. The van der Waals surface area contributed by atoms with E-state index in [1.807, 2.05) is 69.2 Å². The second-order valence-corrected chi connectivity index (χ2v) is 17.2. The quantitative estimate of drug-likeness (QED) is 0.168. The maximum atomic E-state index is 4.57. The Balaban J connectivity index is -0.0000000757. The molecule has 0 aromatic carbocycles. The van der Waals surface area contributed by atoms with Crippen molar-refractivity contribution in [2.75, 3.05) is 0 Å². The molecule has 328 valence electrons. The predicted octanol–water partition coefficient (Wildman–Crippen LogP) is 17.3. The first-order valence-corrected chi connectivity index (χ1v) is 27.7. The van der Waals surface area contributed by atoms with Gasteiger partial charge in [0.05, 0.1) is 0 Å². The van der Waals surface area contributed by atoms with Crippen LogP contribution in [0.4, 0.5) is 0 Å². The summed E-state index contributed by atoms with van der Waals surface area (Å²) >= 11 is 7.29. The molecule has 52 heavy (non-hydrogen) atoms. The third kappa shape index (κ3) is 21.3. The van der Waals surface area contributed by atoms with Gasteiger partial charge >= 0.3 is 108 Å². The van der Waals surface area contributed by atoms with Crippen LogP contribution in [0.5, 0.6) is 0 Å². The summed E-state index contributed by atoms with van der Waals surface area (Å²) in [7, 11) is 18.3. The second kappa shape index (κ2) is 38.8. The van der Waals surface area contributed by atoms with Crippen LogP contribution < -0.4 is 0 Å². The topological polar surface area (TPSA) is 0 Å². The van der Waals surface area contributed by atoms with Crippen molar-refractivity contribution < 1.29 is 69.2 Å². The fourth-order valence-electron chi connectivity index (χ4n) is 9.58. The van der Waals surface area contributed by atoms with Crippen LogP contribution in [0.1, 0.15) is 138 Å². The van der Waals surface area contributed by atoms with Gasteiger partial charge < -0.3 is 29.7 Å². The predicted molar refractivity (Wildman–Crippen MR) is 232 cm³/mol. The molecular weight excluding hydrogens is 1070 g/mol. The van der Waals surface area contributed by atoms with Crippen molar-refractivity contribution in [3.63, 3.8) is 0 Å². The molecule has 4 saturated carbocycles. The van der Waals surface area contributed by atoms with Gasteiger partial charge in [0.25, 0.3) is 0 Å². The van der Waals surface area contributed by atoms with Crippen molar-refractivity contribution in [2.24, 2.45) is 118 Å². The summed E-state index contributed by atoms with van der Waals surface area (Å²) < 4.78 is 0. The molecule has 0 spiro atoms. The Labute approximate surface area is 390 Å². The van der Waals surface area contributed by atoms with Crippen LogP contribution in [-0.4, -0.2) is 0 Å². The van der Waals surface area contributed by atoms with Gasteiger partial charge in [0, 0.05) is 0 Å². The molecular formula is C44H92Cl4Ru4. The first kappa shape index (κ1) is 73.2. The van der Waals surface area contributed by atoms with Crippen LogP contribution in [0.25, 0.3) is 0 Å². The third-order valence-corrected chi connectivity index (χ3v) is 16.6. The Bertz CT molecular complexity index is 450. The van der Waals surface area contributed by atoms with Crippen LogP contribution in [-0.2, 0) is 69.2 Å². The van der Waals surface area contributed by atoms with Crippen LogP contribution in [0.15, 0.2) is 0 Å². The fraction of sp³-hybridized carbons (Fsp3) is 0.909. The van der Waals surface area contributed by atoms with Crippen molar-refractivity contribution >= 4 is 38.8 Å². The zero-order valence-electron chi connectivity index (χ0n) is 38.5. The van der Waals surface area contributed by atoms with E-state index in [-0.39, 0.29) is 29.7 Å². The van der Waals surface area contributed by atoms with Crippen molar-refractivity contribution in [1.82, 2.24) is 0 Å². The monoisotopic (exact) mass is 1170 g/mol. The van der Waals surface area contributed by atoms with E-state index < -0.39 is 0 Å². The Kier molecular flexibility index (Phi) is 54.7. The van der Waals surface area contributed by atoms with Gasteiger partial charge in [0.15, 0.2) is 0 Å². The first-order valence-electron chi connectivity index (χ1n) is 18.7. The summed E-state index contributed by atoms with van der Waals surface area (Å²) in [5.74, 6) is 18.7. The van der Waals surface area contributed by atoms with Crippen molar-refractivity contribution in [2.45, 2.75) is 138 Å². The molecule has 4 aliphatic carbocycles. The maximum absolute atomic E-state index is 4.57. The molecule has 4 aliphatic rings. The molecule has 0 atom stereocenters. The third-order valence-electron chi connectivity index (χ3n) is 16.6. The van der Waals surface area contributed by atoms with Crippen molar-refractivity contribution in [3.8, 4) is 0 Å². The number of hydrogen-bond acceptors (Lipinski definition) is 0.